The number of nitrogens with two attached hydrogens (primary N) is 1. The van der Waals surface area contributed by atoms with Crippen LogP contribution in [0.1, 0.15) is 11.7 Å². The molecule has 0 aliphatic carbocycles. The Hall–Kier alpha value is -1.88. The van der Waals surface area contributed by atoms with Crippen molar-refractivity contribution >= 4 is 22.9 Å². The Balaban J connectivity index is 2.19. The van der Waals surface area contributed by atoms with Gasteiger partial charge in [0.05, 0.1) is 11.2 Å². The molecule has 1 unspecified atom stereocenters. The molecule has 1 amide bonds. The van der Waals surface area contributed by atoms with Crippen molar-refractivity contribution in [1.29, 1.82) is 0 Å². The smallest absolute Gasteiger partial charge is 0.246 e. The minimum absolute atomic E-state index is 0.435. The van der Waals surface area contributed by atoms with Gasteiger partial charge in [0.2, 0.25) is 5.91 Å². The molecular weight excluding hydrogens is 222 g/mol. The van der Waals surface area contributed by atoms with Crippen LogP contribution in [0.4, 0.5) is 5.69 Å². The molecule has 0 aliphatic rings. The number of aromatic nitrogens is 1. The summed E-state index contributed by atoms with van der Waals surface area (Å²) in [5, 5.41) is 4.86. The number of nitrogens with zero attached hydrogens (tertiary/aromatic N) is 1. The topological polar surface area (TPSA) is 68.0 Å². The van der Waals surface area contributed by atoms with Crippen molar-refractivity contribution in [1.82, 2.24) is 4.98 Å². The van der Waals surface area contributed by atoms with Gasteiger partial charge in [-0.3, -0.25) is 4.79 Å². The maximum Gasteiger partial charge on any atom is 0.246 e. The summed E-state index contributed by atoms with van der Waals surface area (Å²) >= 11 is 1.44. The fraction of sp³-hybridized carbons (Fsp3) is 0.0909. The molecule has 5 heteroatoms. The molecule has 0 saturated heterocycles. The molecule has 1 aromatic carbocycles. The Morgan fingerprint density at radius 2 is 2.12 bits per heavy atom. The molecule has 1 heterocycles. The van der Waals surface area contributed by atoms with Crippen LogP contribution in [0.15, 0.2) is 41.2 Å². The van der Waals surface area contributed by atoms with Crippen LogP contribution >= 0.6 is 11.3 Å². The third-order valence-electron chi connectivity index (χ3n) is 2.12. The van der Waals surface area contributed by atoms with E-state index in [4.69, 9.17) is 5.73 Å². The van der Waals surface area contributed by atoms with Crippen LogP contribution in [0.5, 0.6) is 0 Å². The number of anilines is 1. The molecule has 0 bridgehead atoms. The number of primary amides is 1. The highest BCUT2D eigenvalue weighted by molar-refractivity contribution is 7.07. The first-order valence-corrected chi connectivity index (χ1v) is 5.70. The zero-order valence-corrected chi connectivity index (χ0v) is 9.28. The third-order valence-corrected chi connectivity index (χ3v) is 2.72. The van der Waals surface area contributed by atoms with Crippen LogP contribution in [0.2, 0.25) is 0 Å². The maximum absolute atomic E-state index is 11.3. The van der Waals surface area contributed by atoms with Crippen molar-refractivity contribution < 1.29 is 4.79 Å². The van der Waals surface area contributed by atoms with E-state index in [2.05, 4.69) is 10.3 Å². The van der Waals surface area contributed by atoms with Crippen LogP contribution in [0.3, 0.4) is 0 Å². The molecule has 3 N–H and O–H groups in total. The van der Waals surface area contributed by atoms with E-state index in [1.807, 2.05) is 35.7 Å². The van der Waals surface area contributed by atoms with Gasteiger partial charge >= 0.3 is 0 Å². The number of thiazole rings is 1. The first-order chi connectivity index (χ1) is 7.77. The van der Waals surface area contributed by atoms with Gasteiger partial charge in [-0.2, -0.15) is 0 Å². The largest absolute Gasteiger partial charge is 0.369 e. The van der Waals surface area contributed by atoms with Gasteiger partial charge in [-0.1, -0.05) is 18.2 Å². The molecule has 0 radical (unpaired) electrons. The van der Waals surface area contributed by atoms with Crippen molar-refractivity contribution in [2.24, 2.45) is 5.73 Å². The highest BCUT2D eigenvalue weighted by atomic mass is 32.1. The van der Waals surface area contributed by atoms with Gasteiger partial charge in [0.1, 0.15) is 6.04 Å². The molecule has 2 aromatic rings. The summed E-state index contributed by atoms with van der Waals surface area (Å²) in [6.07, 6.45) is 0. The van der Waals surface area contributed by atoms with Gasteiger partial charge in [-0.05, 0) is 12.1 Å². The van der Waals surface area contributed by atoms with Gasteiger partial charge < -0.3 is 11.1 Å². The Labute approximate surface area is 97.1 Å². The SMILES string of the molecule is NC(=O)C(Nc1ccccc1)c1cscn1. The Kier molecular flexibility index (Phi) is 3.16. The van der Waals surface area contributed by atoms with Crippen molar-refractivity contribution in [3.8, 4) is 0 Å². The molecule has 0 saturated carbocycles. The lowest BCUT2D eigenvalue weighted by Crippen LogP contribution is -2.27. The van der Waals surface area contributed by atoms with E-state index in [0.717, 1.165) is 5.69 Å². The lowest BCUT2D eigenvalue weighted by atomic mass is 10.2. The summed E-state index contributed by atoms with van der Waals surface area (Å²) in [5.41, 5.74) is 8.52. The molecule has 1 aromatic heterocycles. The van der Waals surface area contributed by atoms with Gasteiger partial charge in [0, 0.05) is 11.1 Å². The minimum atomic E-state index is -0.575. The zero-order chi connectivity index (χ0) is 11.4. The number of para-hydroxylation sites is 1. The summed E-state index contributed by atoms with van der Waals surface area (Å²) in [4.78, 5) is 15.4. The van der Waals surface area contributed by atoms with Gasteiger partial charge in [-0.15, -0.1) is 11.3 Å². The van der Waals surface area contributed by atoms with E-state index in [-0.39, 0.29) is 0 Å². The number of rotatable bonds is 4. The number of amides is 1. The summed E-state index contributed by atoms with van der Waals surface area (Å²) in [5.74, 6) is -0.435. The number of hydrogen-bond donors (Lipinski definition) is 2. The maximum atomic E-state index is 11.3. The van der Waals surface area contributed by atoms with Crippen LogP contribution in [0.25, 0.3) is 0 Å². The van der Waals surface area contributed by atoms with E-state index >= 15 is 0 Å². The standard InChI is InChI=1S/C11H11N3OS/c12-11(15)10(9-6-16-7-13-9)14-8-4-2-1-3-5-8/h1-7,10,14H,(H2,12,15). The van der Waals surface area contributed by atoms with E-state index < -0.39 is 11.9 Å². The van der Waals surface area contributed by atoms with Crippen molar-refractivity contribution in [2.45, 2.75) is 6.04 Å². The monoisotopic (exact) mass is 233 g/mol. The van der Waals surface area contributed by atoms with Gasteiger partial charge in [-0.25, -0.2) is 4.98 Å². The second-order valence-electron chi connectivity index (χ2n) is 3.26. The summed E-state index contributed by atoms with van der Waals surface area (Å²) in [6, 6.07) is 8.87. The lowest BCUT2D eigenvalue weighted by molar-refractivity contribution is -0.118. The van der Waals surface area contributed by atoms with Crippen molar-refractivity contribution in [3.05, 3.63) is 46.9 Å². The average Bonchev–Trinajstić information content (AvgIpc) is 2.80. The molecule has 2 rings (SSSR count). The van der Waals surface area contributed by atoms with Crippen LogP contribution in [0, 0.1) is 0 Å². The Morgan fingerprint density at radius 1 is 1.38 bits per heavy atom. The van der Waals surface area contributed by atoms with Crippen LogP contribution in [-0.2, 0) is 4.79 Å². The number of benzene rings is 1. The van der Waals surface area contributed by atoms with E-state index in [1.54, 1.807) is 5.51 Å². The summed E-state index contributed by atoms with van der Waals surface area (Å²) in [6.45, 7) is 0. The number of carbonyl (C=O) groups excluding carboxylic acids is 1. The van der Waals surface area contributed by atoms with Crippen molar-refractivity contribution in [3.63, 3.8) is 0 Å². The molecule has 16 heavy (non-hydrogen) atoms. The molecule has 82 valence electrons. The normalized spacial score (nSPS) is 12.0. The highest BCUT2D eigenvalue weighted by Crippen LogP contribution is 2.18. The predicted octanol–water partition coefficient (Wildman–Crippen LogP) is 1.78. The molecular formula is C11H11N3OS. The second-order valence-corrected chi connectivity index (χ2v) is 3.98. The first-order valence-electron chi connectivity index (χ1n) is 4.76. The Morgan fingerprint density at radius 3 is 2.69 bits per heavy atom. The molecule has 0 aliphatic heterocycles. The molecule has 4 nitrogen and oxygen atoms in total. The number of nitrogens with one attached hydrogen (secondary N) is 1. The first kappa shape index (κ1) is 10.6. The molecule has 0 fully saturated rings. The molecule has 1 atom stereocenters. The quantitative estimate of drug-likeness (QED) is 0.845. The van der Waals surface area contributed by atoms with Crippen LogP contribution < -0.4 is 11.1 Å². The second kappa shape index (κ2) is 4.76. The molecule has 0 spiro atoms. The van der Waals surface area contributed by atoms with Gasteiger partial charge in [0.15, 0.2) is 0 Å². The van der Waals surface area contributed by atoms with Crippen LogP contribution in [-0.4, -0.2) is 10.9 Å². The fourth-order valence-electron chi connectivity index (χ4n) is 1.36. The van der Waals surface area contributed by atoms with E-state index in [0.29, 0.717) is 5.69 Å². The lowest BCUT2D eigenvalue weighted by Gasteiger charge is -2.14. The fourth-order valence-corrected chi connectivity index (χ4v) is 1.94. The number of carbonyl (C=O) groups is 1. The summed E-state index contributed by atoms with van der Waals surface area (Å²) in [7, 11) is 0. The highest BCUT2D eigenvalue weighted by Gasteiger charge is 2.19. The minimum Gasteiger partial charge on any atom is -0.369 e. The van der Waals surface area contributed by atoms with E-state index in [1.165, 1.54) is 11.3 Å². The predicted molar refractivity (Wildman–Crippen MR) is 64.1 cm³/mol. The average molecular weight is 233 g/mol. The number of hydrogen-bond acceptors (Lipinski definition) is 4. The van der Waals surface area contributed by atoms with E-state index in [9.17, 15) is 4.79 Å². The van der Waals surface area contributed by atoms with Gasteiger partial charge in [0.25, 0.3) is 0 Å². The Bertz CT molecular complexity index is 455. The zero-order valence-electron chi connectivity index (χ0n) is 8.46. The van der Waals surface area contributed by atoms with Crippen molar-refractivity contribution in [2.75, 3.05) is 5.32 Å². The summed E-state index contributed by atoms with van der Waals surface area (Å²) < 4.78 is 0. The third kappa shape index (κ3) is 2.38.